The molecule has 0 bridgehead atoms. The van der Waals surface area contributed by atoms with Crippen molar-refractivity contribution in [2.24, 2.45) is 0 Å². The van der Waals surface area contributed by atoms with Crippen molar-refractivity contribution in [1.82, 2.24) is 20.2 Å². The molecule has 0 spiro atoms. The van der Waals surface area contributed by atoms with E-state index >= 15 is 0 Å². The molecule has 3 N–H and O–H groups in total. The Morgan fingerprint density at radius 3 is 2.36 bits per heavy atom. The summed E-state index contributed by atoms with van der Waals surface area (Å²) in [5, 5.41) is 16.4. The Hall–Kier alpha value is -3.49. The van der Waals surface area contributed by atoms with Gasteiger partial charge in [0, 0.05) is 11.6 Å². The summed E-state index contributed by atoms with van der Waals surface area (Å²) < 4.78 is 5.37. The number of carbonyl (C=O) groups is 1. The SMILES string of the molecule is O=C(O)c1ccc(-c2nnc(-c3cc(=O)[nH]c(=O)[nH]3)o2)cc1. The summed E-state index contributed by atoms with van der Waals surface area (Å²) in [6.07, 6.45) is 0. The molecule has 0 atom stereocenters. The number of hydrogen-bond acceptors (Lipinski definition) is 6. The molecule has 1 aromatic carbocycles. The maximum atomic E-state index is 11.2. The van der Waals surface area contributed by atoms with Gasteiger partial charge in [0.25, 0.3) is 11.4 Å². The summed E-state index contributed by atoms with van der Waals surface area (Å²) in [6.45, 7) is 0. The van der Waals surface area contributed by atoms with Gasteiger partial charge in [-0.05, 0) is 24.3 Å². The van der Waals surface area contributed by atoms with Crippen molar-refractivity contribution in [1.29, 1.82) is 0 Å². The van der Waals surface area contributed by atoms with Gasteiger partial charge in [-0.3, -0.25) is 9.78 Å². The average Bonchev–Trinajstić information content (AvgIpc) is 2.96. The highest BCUT2D eigenvalue weighted by molar-refractivity contribution is 5.88. The summed E-state index contributed by atoms with van der Waals surface area (Å²) >= 11 is 0. The van der Waals surface area contributed by atoms with Crippen LogP contribution in [0.25, 0.3) is 23.0 Å². The Balaban J connectivity index is 1.98. The molecular weight excluding hydrogens is 292 g/mol. The third-order valence-corrected chi connectivity index (χ3v) is 2.79. The third kappa shape index (κ3) is 2.54. The second-order valence-corrected chi connectivity index (χ2v) is 4.30. The number of aromatic carboxylic acids is 1. The van der Waals surface area contributed by atoms with Crippen LogP contribution in [0.3, 0.4) is 0 Å². The van der Waals surface area contributed by atoms with E-state index in [4.69, 9.17) is 9.52 Å². The lowest BCUT2D eigenvalue weighted by Crippen LogP contribution is -2.21. The number of carboxylic acids is 1. The minimum Gasteiger partial charge on any atom is -0.478 e. The van der Waals surface area contributed by atoms with E-state index in [9.17, 15) is 14.4 Å². The number of nitrogens with zero attached hydrogens (tertiary/aromatic N) is 2. The van der Waals surface area contributed by atoms with Gasteiger partial charge in [-0.15, -0.1) is 10.2 Å². The van der Waals surface area contributed by atoms with Crippen LogP contribution in [0.1, 0.15) is 10.4 Å². The van der Waals surface area contributed by atoms with Crippen molar-refractivity contribution in [2.75, 3.05) is 0 Å². The van der Waals surface area contributed by atoms with Crippen molar-refractivity contribution < 1.29 is 14.3 Å². The molecule has 0 aliphatic carbocycles. The average molecular weight is 300 g/mol. The number of hydrogen-bond donors (Lipinski definition) is 3. The van der Waals surface area contributed by atoms with Gasteiger partial charge in [0.1, 0.15) is 5.69 Å². The van der Waals surface area contributed by atoms with Gasteiger partial charge in [0.05, 0.1) is 5.56 Å². The van der Waals surface area contributed by atoms with Crippen LogP contribution in [0.5, 0.6) is 0 Å². The van der Waals surface area contributed by atoms with Gasteiger partial charge in [0.15, 0.2) is 0 Å². The van der Waals surface area contributed by atoms with Gasteiger partial charge < -0.3 is 14.5 Å². The molecule has 2 heterocycles. The Morgan fingerprint density at radius 1 is 1.05 bits per heavy atom. The van der Waals surface area contributed by atoms with E-state index in [2.05, 4.69) is 15.2 Å². The monoisotopic (exact) mass is 300 g/mol. The summed E-state index contributed by atoms with van der Waals surface area (Å²) in [6, 6.07) is 6.95. The largest absolute Gasteiger partial charge is 0.478 e. The predicted molar refractivity (Wildman–Crippen MR) is 73.4 cm³/mol. The molecule has 9 nitrogen and oxygen atoms in total. The molecule has 0 radical (unpaired) electrons. The lowest BCUT2D eigenvalue weighted by atomic mass is 10.1. The highest BCUT2D eigenvalue weighted by Crippen LogP contribution is 2.22. The highest BCUT2D eigenvalue weighted by Gasteiger charge is 2.12. The minimum absolute atomic E-state index is 0.0273. The van der Waals surface area contributed by atoms with Crippen molar-refractivity contribution in [2.45, 2.75) is 0 Å². The van der Waals surface area contributed by atoms with Crippen LogP contribution in [0.2, 0.25) is 0 Å². The molecule has 0 saturated heterocycles. The van der Waals surface area contributed by atoms with Crippen LogP contribution in [0.15, 0.2) is 44.3 Å². The number of aromatic nitrogens is 4. The van der Waals surface area contributed by atoms with Gasteiger partial charge in [0.2, 0.25) is 5.89 Å². The molecule has 0 unspecified atom stereocenters. The normalized spacial score (nSPS) is 10.5. The summed E-state index contributed by atoms with van der Waals surface area (Å²) in [7, 11) is 0. The quantitative estimate of drug-likeness (QED) is 0.638. The van der Waals surface area contributed by atoms with Crippen LogP contribution in [-0.4, -0.2) is 31.2 Å². The topological polar surface area (TPSA) is 142 Å². The smallest absolute Gasteiger partial charge is 0.335 e. The molecule has 22 heavy (non-hydrogen) atoms. The first-order chi connectivity index (χ1) is 10.5. The summed E-state index contributed by atoms with van der Waals surface area (Å²) in [5.41, 5.74) is -0.551. The van der Waals surface area contributed by atoms with E-state index in [1.807, 2.05) is 4.98 Å². The molecule has 0 aliphatic rings. The Bertz CT molecular complexity index is 923. The molecule has 110 valence electrons. The Morgan fingerprint density at radius 2 is 1.73 bits per heavy atom. The highest BCUT2D eigenvalue weighted by atomic mass is 16.4. The maximum absolute atomic E-state index is 11.2. The van der Waals surface area contributed by atoms with Gasteiger partial charge in [-0.1, -0.05) is 0 Å². The lowest BCUT2D eigenvalue weighted by molar-refractivity contribution is 0.0697. The number of carboxylic acid groups (broad SMARTS) is 1. The van der Waals surface area contributed by atoms with Crippen molar-refractivity contribution >= 4 is 5.97 Å². The molecule has 3 rings (SSSR count). The first-order valence-corrected chi connectivity index (χ1v) is 6.04. The zero-order valence-electron chi connectivity index (χ0n) is 10.9. The van der Waals surface area contributed by atoms with Gasteiger partial charge in [-0.25, -0.2) is 9.59 Å². The molecule has 3 aromatic rings. The lowest BCUT2D eigenvalue weighted by Gasteiger charge is -1.96. The third-order valence-electron chi connectivity index (χ3n) is 2.79. The second-order valence-electron chi connectivity index (χ2n) is 4.30. The van der Waals surface area contributed by atoms with Crippen molar-refractivity contribution in [3.05, 3.63) is 56.7 Å². The van der Waals surface area contributed by atoms with Crippen molar-refractivity contribution in [3.8, 4) is 23.0 Å². The fraction of sp³-hybridized carbons (Fsp3) is 0. The number of benzene rings is 1. The van der Waals surface area contributed by atoms with Crippen LogP contribution in [0, 0.1) is 0 Å². The van der Waals surface area contributed by atoms with Gasteiger partial charge in [-0.2, -0.15) is 0 Å². The van der Waals surface area contributed by atoms with Gasteiger partial charge >= 0.3 is 11.7 Å². The van der Waals surface area contributed by atoms with E-state index < -0.39 is 17.2 Å². The zero-order chi connectivity index (χ0) is 15.7. The van der Waals surface area contributed by atoms with Crippen LogP contribution < -0.4 is 11.2 Å². The van der Waals surface area contributed by atoms with Crippen LogP contribution in [-0.2, 0) is 0 Å². The van der Waals surface area contributed by atoms with E-state index in [0.717, 1.165) is 6.07 Å². The predicted octanol–water partition coefficient (Wildman–Crippen LogP) is 0.478. The number of aromatic amines is 2. The number of rotatable bonds is 3. The van der Waals surface area contributed by atoms with Crippen LogP contribution >= 0.6 is 0 Å². The standard InChI is InChI=1S/C13H8N4O5/c18-9-5-8(14-13(21)15-9)11-17-16-10(22-11)6-1-3-7(4-2-6)12(19)20/h1-5H,(H,19,20)(H2,14,15,18,21). The molecule has 2 aromatic heterocycles. The Labute approximate surface area is 121 Å². The zero-order valence-corrected chi connectivity index (χ0v) is 10.9. The number of nitrogens with one attached hydrogen (secondary N) is 2. The second kappa shape index (κ2) is 5.13. The fourth-order valence-electron chi connectivity index (χ4n) is 1.79. The first-order valence-electron chi connectivity index (χ1n) is 6.04. The summed E-state index contributed by atoms with van der Waals surface area (Å²) in [4.78, 5) is 37.6. The van der Waals surface area contributed by atoms with E-state index in [1.165, 1.54) is 24.3 Å². The van der Waals surface area contributed by atoms with E-state index in [0.29, 0.717) is 5.56 Å². The molecule has 0 aliphatic heterocycles. The van der Waals surface area contributed by atoms with E-state index in [-0.39, 0.29) is 23.0 Å². The first kappa shape index (κ1) is 13.5. The molecule has 9 heteroatoms. The molecular formula is C13H8N4O5. The van der Waals surface area contributed by atoms with E-state index in [1.54, 1.807) is 0 Å². The molecule has 0 fully saturated rings. The minimum atomic E-state index is -1.04. The summed E-state index contributed by atoms with van der Waals surface area (Å²) in [5.74, 6) is -0.938. The van der Waals surface area contributed by atoms with Crippen molar-refractivity contribution in [3.63, 3.8) is 0 Å². The molecule has 0 saturated carbocycles. The fourth-order valence-corrected chi connectivity index (χ4v) is 1.79. The molecule has 0 amide bonds. The number of H-pyrrole nitrogens is 2. The maximum Gasteiger partial charge on any atom is 0.335 e. The van der Waals surface area contributed by atoms with Crippen LogP contribution in [0.4, 0.5) is 0 Å². The Kier molecular flexibility index (Phi) is 3.14.